The van der Waals surface area contributed by atoms with Crippen molar-refractivity contribution >= 4 is 29.7 Å². The highest BCUT2D eigenvalue weighted by atomic mass is 32.2. The number of alkyl carbamates (subject to hydrolysis) is 1. The Kier molecular flexibility index (Phi) is 7.43. The molecular formula is C25H29N3O5S. The van der Waals surface area contributed by atoms with Crippen LogP contribution < -0.4 is 5.32 Å². The maximum atomic E-state index is 13.2. The number of carbonyl (C=O) groups is 3. The van der Waals surface area contributed by atoms with Crippen molar-refractivity contribution in [2.24, 2.45) is 0 Å². The lowest BCUT2D eigenvalue weighted by Crippen LogP contribution is -2.59. The molecule has 8 nitrogen and oxygen atoms in total. The number of carboxylic acid groups (broad SMARTS) is 1. The minimum atomic E-state index is -1.04. The van der Waals surface area contributed by atoms with Crippen LogP contribution in [-0.2, 0) is 14.3 Å². The van der Waals surface area contributed by atoms with Gasteiger partial charge < -0.3 is 25.0 Å². The first-order valence-corrected chi connectivity index (χ1v) is 12.4. The highest BCUT2D eigenvalue weighted by Gasteiger charge is 2.37. The largest absolute Gasteiger partial charge is 0.480 e. The van der Waals surface area contributed by atoms with E-state index in [1.54, 1.807) is 19.0 Å². The van der Waals surface area contributed by atoms with Crippen molar-refractivity contribution in [1.29, 1.82) is 0 Å². The molecule has 9 heteroatoms. The molecule has 1 saturated heterocycles. The van der Waals surface area contributed by atoms with Gasteiger partial charge in [0.2, 0.25) is 5.91 Å². The van der Waals surface area contributed by atoms with Crippen molar-refractivity contribution in [2.75, 3.05) is 45.3 Å². The van der Waals surface area contributed by atoms with E-state index in [0.717, 1.165) is 22.3 Å². The predicted molar refractivity (Wildman–Crippen MR) is 131 cm³/mol. The molecule has 34 heavy (non-hydrogen) atoms. The number of carboxylic acids is 1. The molecule has 2 N–H and O–H groups in total. The van der Waals surface area contributed by atoms with Gasteiger partial charge in [-0.1, -0.05) is 48.5 Å². The van der Waals surface area contributed by atoms with Crippen molar-refractivity contribution < 1.29 is 24.2 Å². The van der Waals surface area contributed by atoms with Gasteiger partial charge in [-0.3, -0.25) is 4.79 Å². The van der Waals surface area contributed by atoms with Crippen molar-refractivity contribution in [3.63, 3.8) is 0 Å². The molecule has 2 aromatic rings. The summed E-state index contributed by atoms with van der Waals surface area (Å²) in [4.78, 5) is 40.8. The lowest BCUT2D eigenvalue weighted by molar-refractivity contribution is -0.150. The Labute approximate surface area is 203 Å². The van der Waals surface area contributed by atoms with Crippen LogP contribution >= 0.6 is 11.8 Å². The van der Waals surface area contributed by atoms with E-state index in [2.05, 4.69) is 17.4 Å². The Morgan fingerprint density at radius 3 is 2.32 bits per heavy atom. The zero-order valence-corrected chi connectivity index (χ0v) is 20.1. The monoisotopic (exact) mass is 483 g/mol. The fourth-order valence-corrected chi connectivity index (χ4v) is 5.64. The molecule has 1 aliphatic heterocycles. The topological polar surface area (TPSA) is 99.2 Å². The van der Waals surface area contributed by atoms with Gasteiger partial charge in [0, 0.05) is 30.5 Å². The van der Waals surface area contributed by atoms with Crippen LogP contribution in [0.3, 0.4) is 0 Å². The second-order valence-corrected chi connectivity index (χ2v) is 9.90. The number of nitrogens with one attached hydrogen (secondary N) is 1. The molecule has 0 aromatic heterocycles. The second kappa shape index (κ2) is 10.5. The first kappa shape index (κ1) is 24.1. The average molecular weight is 484 g/mol. The third-order valence-corrected chi connectivity index (χ3v) is 7.20. The van der Waals surface area contributed by atoms with Crippen LogP contribution in [0.5, 0.6) is 0 Å². The van der Waals surface area contributed by atoms with Gasteiger partial charge in [0.15, 0.2) is 0 Å². The molecule has 0 radical (unpaired) electrons. The first-order valence-electron chi connectivity index (χ1n) is 11.2. The summed E-state index contributed by atoms with van der Waals surface area (Å²) in [5, 5.41) is 12.2. The molecule has 0 bridgehead atoms. The van der Waals surface area contributed by atoms with Crippen LogP contribution in [0.15, 0.2) is 48.5 Å². The van der Waals surface area contributed by atoms with E-state index in [-0.39, 0.29) is 19.1 Å². The van der Waals surface area contributed by atoms with Crippen LogP contribution in [0.4, 0.5) is 4.79 Å². The van der Waals surface area contributed by atoms with Crippen molar-refractivity contribution in [2.45, 2.75) is 18.0 Å². The minimum absolute atomic E-state index is 0.0864. The fourth-order valence-electron chi connectivity index (χ4n) is 4.61. The molecule has 2 aromatic carbocycles. The fraction of sp³-hybridized carbons (Fsp3) is 0.400. The summed E-state index contributed by atoms with van der Waals surface area (Å²) in [6.45, 7) is 0.705. The van der Waals surface area contributed by atoms with E-state index >= 15 is 0 Å². The highest BCUT2D eigenvalue weighted by molar-refractivity contribution is 7.99. The zero-order chi connectivity index (χ0) is 24.2. The summed E-state index contributed by atoms with van der Waals surface area (Å²) in [6.07, 6.45) is -0.694. The maximum Gasteiger partial charge on any atom is 0.407 e. The van der Waals surface area contributed by atoms with E-state index in [1.807, 2.05) is 36.4 Å². The number of hydrogen-bond donors (Lipinski definition) is 2. The summed E-state index contributed by atoms with van der Waals surface area (Å²) < 4.78 is 5.60. The Hall–Kier alpha value is -3.04. The first-order chi connectivity index (χ1) is 16.4. The molecular weight excluding hydrogens is 454 g/mol. The normalized spacial score (nSPS) is 18.2. The minimum Gasteiger partial charge on any atom is -0.480 e. The van der Waals surface area contributed by atoms with Gasteiger partial charge in [-0.2, -0.15) is 11.8 Å². The average Bonchev–Trinajstić information content (AvgIpc) is 3.15. The van der Waals surface area contributed by atoms with Gasteiger partial charge >= 0.3 is 12.1 Å². The van der Waals surface area contributed by atoms with Gasteiger partial charge in [-0.25, -0.2) is 9.59 Å². The number of nitrogens with zero attached hydrogens (tertiary/aromatic N) is 2. The quantitative estimate of drug-likeness (QED) is 0.624. The number of rotatable bonds is 7. The van der Waals surface area contributed by atoms with Crippen LogP contribution in [0, 0.1) is 0 Å². The third-order valence-electron chi connectivity index (χ3n) is 6.18. The van der Waals surface area contributed by atoms with Crippen LogP contribution in [0.1, 0.15) is 17.0 Å². The van der Waals surface area contributed by atoms with Crippen LogP contribution in [0.25, 0.3) is 11.1 Å². The molecule has 180 valence electrons. The molecule has 2 aliphatic rings. The number of aliphatic carboxylic acids is 1. The number of carbonyl (C=O) groups excluding carboxylic acids is 2. The molecule has 2 amide bonds. The Bertz CT molecular complexity index is 1030. The summed E-state index contributed by atoms with van der Waals surface area (Å²) in [7, 11) is 3.58. The van der Waals surface area contributed by atoms with E-state index in [4.69, 9.17) is 4.74 Å². The van der Waals surface area contributed by atoms with E-state index in [1.165, 1.54) is 16.7 Å². The van der Waals surface area contributed by atoms with Crippen molar-refractivity contribution in [3.05, 3.63) is 59.7 Å². The zero-order valence-electron chi connectivity index (χ0n) is 19.3. The lowest BCUT2D eigenvalue weighted by Gasteiger charge is -2.35. The molecule has 2 atom stereocenters. The SMILES string of the molecule is CN(C)CC(NC(=O)OCC1c2ccccc2-c2ccccc21)C(=O)N1CCSCC1C(=O)O. The Morgan fingerprint density at radius 2 is 1.74 bits per heavy atom. The number of benzene rings is 2. The third kappa shape index (κ3) is 5.05. The summed E-state index contributed by atoms with van der Waals surface area (Å²) in [5.74, 6) is -0.535. The van der Waals surface area contributed by atoms with Gasteiger partial charge in [-0.15, -0.1) is 0 Å². The number of hydrogen-bond acceptors (Lipinski definition) is 6. The highest BCUT2D eigenvalue weighted by Crippen LogP contribution is 2.44. The molecule has 2 unspecified atom stereocenters. The number of thioether (sulfide) groups is 1. The molecule has 0 saturated carbocycles. The Morgan fingerprint density at radius 1 is 1.12 bits per heavy atom. The van der Waals surface area contributed by atoms with E-state index in [9.17, 15) is 19.5 Å². The Balaban J connectivity index is 1.45. The van der Waals surface area contributed by atoms with Crippen molar-refractivity contribution in [1.82, 2.24) is 15.1 Å². The summed E-state index contributed by atoms with van der Waals surface area (Å²) in [5.41, 5.74) is 4.48. The van der Waals surface area contributed by atoms with E-state index < -0.39 is 30.1 Å². The molecule has 4 rings (SSSR count). The van der Waals surface area contributed by atoms with Gasteiger partial charge in [0.1, 0.15) is 18.7 Å². The van der Waals surface area contributed by atoms with E-state index in [0.29, 0.717) is 18.1 Å². The predicted octanol–water partition coefficient (Wildman–Crippen LogP) is 2.48. The number of fused-ring (bicyclic) bond motifs is 3. The second-order valence-electron chi connectivity index (χ2n) is 8.75. The van der Waals surface area contributed by atoms with Crippen LogP contribution in [-0.4, -0.2) is 90.3 Å². The summed E-state index contributed by atoms with van der Waals surface area (Å²) in [6, 6.07) is 14.3. The van der Waals surface area contributed by atoms with Gasteiger partial charge in [-0.05, 0) is 36.3 Å². The molecule has 0 spiro atoms. The summed E-state index contributed by atoms with van der Waals surface area (Å²) >= 11 is 1.51. The van der Waals surface area contributed by atoms with Gasteiger partial charge in [0.05, 0.1) is 0 Å². The lowest BCUT2D eigenvalue weighted by atomic mass is 9.98. The van der Waals surface area contributed by atoms with Crippen LogP contribution in [0.2, 0.25) is 0 Å². The smallest absolute Gasteiger partial charge is 0.407 e. The number of amides is 2. The molecule has 1 heterocycles. The maximum absolute atomic E-state index is 13.2. The number of likely N-dealkylation sites (N-methyl/N-ethyl adjacent to an activating group) is 1. The van der Waals surface area contributed by atoms with Gasteiger partial charge in [0.25, 0.3) is 0 Å². The molecule has 1 fully saturated rings. The standard InChI is InChI=1S/C25H29N3O5S/c1-27(2)13-21(23(29)28-11-12-34-15-22(28)24(30)31)26-25(32)33-14-20-18-9-5-3-7-16(18)17-8-4-6-10-19(17)20/h3-10,20-22H,11-15H2,1-2H3,(H,26,32)(H,30,31). The van der Waals surface area contributed by atoms with Crippen molar-refractivity contribution in [3.8, 4) is 11.1 Å². The molecule has 1 aliphatic carbocycles. The number of ether oxygens (including phenoxy) is 1.